The van der Waals surface area contributed by atoms with E-state index in [-0.39, 0.29) is 11.3 Å². The third-order valence-electron chi connectivity index (χ3n) is 4.68. The van der Waals surface area contributed by atoms with Crippen LogP contribution in [0.25, 0.3) is 11.3 Å². The molecule has 3 N–H and O–H groups in total. The number of carbonyl (C=O) groups is 2. The largest absolute Gasteiger partial charge is 0.366 e. The number of hydrogen-bond donors (Lipinski definition) is 2. The van der Waals surface area contributed by atoms with Gasteiger partial charge in [0.15, 0.2) is 0 Å². The van der Waals surface area contributed by atoms with Crippen molar-refractivity contribution in [3.05, 3.63) is 77.2 Å². The van der Waals surface area contributed by atoms with E-state index in [2.05, 4.69) is 4.98 Å². The monoisotopic (exact) mass is 390 g/mol. The molecule has 0 unspecified atom stereocenters. The number of amides is 2. The fourth-order valence-corrected chi connectivity index (χ4v) is 3.00. The summed E-state index contributed by atoms with van der Waals surface area (Å²) in [6, 6.07) is 16.6. The van der Waals surface area contributed by atoms with Crippen molar-refractivity contribution >= 4 is 11.8 Å². The average Bonchev–Trinajstić information content (AvgIpc) is 3.14. The molecule has 0 aliphatic carbocycles. The maximum atomic E-state index is 13.2. The lowest BCUT2D eigenvalue weighted by atomic mass is 9.96. The molecule has 0 fully saturated rings. The lowest BCUT2D eigenvalue weighted by molar-refractivity contribution is 0.0780. The fourth-order valence-electron chi connectivity index (χ4n) is 3.00. The number of hydrogen-bond acceptors (Lipinski definition) is 3. The smallest absolute Gasteiger partial charge is 0.272 e. The van der Waals surface area contributed by atoms with Crippen LogP contribution in [0.4, 0.5) is 0 Å². The highest BCUT2D eigenvalue weighted by molar-refractivity contribution is 5.99. The second kappa shape index (κ2) is 7.91. The summed E-state index contributed by atoms with van der Waals surface area (Å²) in [5, 5.41) is 0. The van der Waals surface area contributed by atoms with E-state index in [4.69, 9.17) is 10.7 Å². The van der Waals surface area contributed by atoms with Crippen molar-refractivity contribution in [2.75, 3.05) is 7.05 Å². The normalized spacial score (nSPS) is 11.3. The van der Waals surface area contributed by atoms with Gasteiger partial charge in [-0.15, -0.1) is 0 Å². The number of imidazole rings is 1. The lowest BCUT2D eigenvalue weighted by Gasteiger charge is -2.17. The Labute approximate surface area is 170 Å². The van der Waals surface area contributed by atoms with Gasteiger partial charge in [0.05, 0.1) is 0 Å². The number of H-pyrrole nitrogens is 1. The van der Waals surface area contributed by atoms with Crippen molar-refractivity contribution in [1.82, 2.24) is 14.9 Å². The fraction of sp³-hybridized carbons (Fsp3) is 0.261. The molecule has 3 rings (SSSR count). The van der Waals surface area contributed by atoms with Crippen molar-refractivity contribution < 1.29 is 9.59 Å². The molecule has 2 aromatic carbocycles. The Morgan fingerprint density at radius 3 is 2.21 bits per heavy atom. The van der Waals surface area contributed by atoms with E-state index >= 15 is 0 Å². The number of nitrogens with two attached hydrogens (primary N) is 1. The summed E-state index contributed by atoms with van der Waals surface area (Å²) in [5.74, 6) is 0.0848. The Kier molecular flexibility index (Phi) is 5.55. The van der Waals surface area contributed by atoms with Crippen molar-refractivity contribution in [3.8, 4) is 11.3 Å². The standard InChI is InChI=1S/C23H26N4O2/c1-23(2,3)22-25-18(16-10-12-17(13-11-16)20(24)28)19(26-22)21(29)27(4)14-15-8-6-5-7-9-15/h5-13H,14H2,1-4H3,(H2,24,28)(H,25,26). The number of benzene rings is 2. The number of rotatable bonds is 5. The second-order valence-electron chi connectivity index (χ2n) is 8.15. The van der Waals surface area contributed by atoms with Gasteiger partial charge in [0, 0.05) is 30.1 Å². The summed E-state index contributed by atoms with van der Waals surface area (Å²) in [7, 11) is 1.77. The van der Waals surface area contributed by atoms with E-state index < -0.39 is 5.91 Å². The molecule has 0 bridgehead atoms. The summed E-state index contributed by atoms with van der Waals surface area (Å²) >= 11 is 0. The Hall–Kier alpha value is -3.41. The van der Waals surface area contributed by atoms with Crippen LogP contribution in [0, 0.1) is 0 Å². The van der Waals surface area contributed by atoms with Crippen LogP contribution < -0.4 is 5.73 Å². The van der Waals surface area contributed by atoms with Gasteiger partial charge < -0.3 is 15.6 Å². The average molecular weight is 390 g/mol. The van der Waals surface area contributed by atoms with Gasteiger partial charge in [-0.3, -0.25) is 9.59 Å². The molecule has 0 aliphatic heterocycles. The summed E-state index contributed by atoms with van der Waals surface area (Å²) < 4.78 is 0. The first kappa shape index (κ1) is 20.3. The zero-order valence-electron chi connectivity index (χ0n) is 17.2. The summed E-state index contributed by atoms with van der Waals surface area (Å²) in [6.45, 7) is 6.60. The van der Waals surface area contributed by atoms with Gasteiger partial charge in [0.2, 0.25) is 5.91 Å². The van der Waals surface area contributed by atoms with Crippen LogP contribution in [0.5, 0.6) is 0 Å². The van der Waals surface area contributed by atoms with Gasteiger partial charge in [-0.2, -0.15) is 0 Å². The third-order valence-corrected chi connectivity index (χ3v) is 4.68. The molecule has 6 nitrogen and oxygen atoms in total. The Bertz CT molecular complexity index is 1020. The van der Waals surface area contributed by atoms with E-state index in [1.54, 1.807) is 36.2 Å². The summed E-state index contributed by atoms with van der Waals surface area (Å²) in [6.07, 6.45) is 0. The van der Waals surface area contributed by atoms with Gasteiger partial charge in [0.1, 0.15) is 17.2 Å². The highest BCUT2D eigenvalue weighted by atomic mass is 16.2. The number of primary amides is 1. The first-order valence-corrected chi connectivity index (χ1v) is 9.47. The van der Waals surface area contributed by atoms with Crippen LogP contribution in [-0.2, 0) is 12.0 Å². The zero-order valence-corrected chi connectivity index (χ0v) is 17.2. The van der Waals surface area contributed by atoms with E-state index in [1.807, 2.05) is 51.1 Å². The predicted molar refractivity (Wildman–Crippen MR) is 113 cm³/mol. The number of carbonyl (C=O) groups excluding carboxylic acids is 2. The SMILES string of the molecule is CN(Cc1ccccc1)C(=O)c1[nH]c(C(C)(C)C)nc1-c1ccc(C(N)=O)cc1. The molecule has 2 amide bonds. The molecule has 29 heavy (non-hydrogen) atoms. The summed E-state index contributed by atoms with van der Waals surface area (Å²) in [5.41, 5.74) is 8.29. The molecule has 0 atom stereocenters. The highest BCUT2D eigenvalue weighted by Crippen LogP contribution is 2.28. The van der Waals surface area contributed by atoms with Gasteiger partial charge >= 0.3 is 0 Å². The number of aromatic amines is 1. The maximum absolute atomic E-state index is 13.2. The van der Waals surface area contributed by atoms with Crippen molar-refractivity contribution in [2.45, 2.75) is 32.7 Å². The molecule has 6 heteroatoms. The second-order valence-corrected chi connectivity index (χ2v) is 8.15. The molecule has 1 aromatic heterocycles. The van der Waals surface area contributed by atoms with E-state index in [0.29, 0.717) is 23.5 Å². The zero-order chi connectivity index (χ0) is 21.2. The molecule has 0 spiro atoms. The van der Waals surface area contributed by atoms with Crippen LogP contribution in [0.3, 0.4) is 0 Å². The lowest BCUT2D eigenvalue weighted by Crippen LogP contribution is -2.27. The molecule has 0 saturated heterocycles. The van der Waals surface area contributed by atoms with Crippen molar-refractivity contribution in [3.63, 3.8) is 0 Å². The van der Waals surface area contributed by atoms with E-state index in [1.165, 1.54) is 0 Å². The molecular weight excluding hydrogens is 364 g/mol. The molecule has 0 aliphatic rings. The highest BCUT2D eigenvalue weighted by Gasteiger charge is 2.26. The Balaban J connectivity index is 1.99. The molecular formula is C23H26N4O2. The Morgan fingerprint density at radius 2 is 1.66 bits per heavy atom. The summed E-state index contributed by atoms with van der Waals surface area (Å²) in [4.78, 5) is 34.2. The van der Waals surface area contributed by atoms with E-state index in [0.717, 1.165) is 17.0 Å². The van der Waals surface area contributed by atoms with Gasteiger partial charge in [0.25, 0.3) is 5.91 Å². The molecule has 150 valence electrons. The molecule has 0 saturated carbocycles. The maximum Gasteiger partial charge on any atom is 0.272 e. The number of nitrogens with zero attached hydrogens (tertiary/aromatic N) is 2. The van der Waals surface area contributed by atoms with Gasteiger partial charge in [-0.1, -0.05) is 63.2 Å². The van der Waals surface area contributed by atoms with E-state index in [9.17, 15) is 9.59 Å². The van der Waals surface area contributed by atoms with Crippen LogP contribution in [0.1, 0.15) is 53.0 Å². The molecule has 3 aromatic rings. The number of nitrogens with one attached hydrogen (secondary N) is 1. The van der Waals surface area contributed by atoms with Crippen LogP contribution in [-0.4, -0.2) is 33.7 Å². The number of aromatic nitrogens is 2. The third kappa shape index (κ3) is 4.54. The Morgan fingerprint density at radius 1 is 1.03 bits per heavy atom. The first-order valence-electron chi connectivity index (χ1n) is 9.47. The topological polar surface area (TPSA) is 92.1 Å². The minimum absolute atomic E-state index is 0.147. The quantitative estimate of drug-likeness (QED) is 0.695. The minimum Gasteiger partial charge on any atom is -0.366 e. The first-order chi connectivity index (χ1) is 13.7. The molecule has 0 radical (unpaired) electrons. The van der Waals surface area contributed by atoms with Gasteiger partial charge in [-0.25, -0.2) is 4.98 Å². The minimum atomic E-state index is -0.493. The van der Waals surface area contributed by atoms with Crippen molar-refractivity contribution in [1.29, 1.82) is 0 Å². The van der Waals surface area contributed by atoms with Crippen molar-refractivity contribution in [2.24, 2.45) is 5.73 Å². The predicted octanol–water partition coefficient (Wildman–Crippen LogP) is 3.75. The van der Waals surface area contributed by atoms with Gasteiger partial charge in [-0.05, 0) is 17.7 Å². The van der Waals surface area contributed by atoms with Crippen LogP contribution >= 0.6 is 0 Å². The van der Waals surface area contributed by atoms with Crippen LogP contribution in [0.2, 0.25) is 0 Å². The van der Waals surface area contributed by atoms with Crippen LogP contribution in [0.15, 0.2) is 54.6 Å². The molecule has 1 heterocycles.